The number of furan rings is 1. The van der Waals surface area contributed by atoms with Gasteiger partial charge in [-0.3, -0.25) is 14.9 Å². The zero-order valence-electron chi connectivity index (χ0n) is 14.8. The fourth-order valence-corrected chi connectivity index (χ4v) is 2.54. The second kappa shape index (κ2) is 7.81. The highest BCUT2D eigenvalue weighted by atomic mass is 16.6. The Morgan fingerprint density at radius 2 is 2.15 bits per heavy atom. The lowest BCUT2D eigenvalue weighted by Gasteiger charge is -2.20. The maximum Gasteiger partial charge on any atom is 0.270 e. The summed E-state index contributed by atoms with van der Waals surface area (Å²) in [6.07, 6.45) is 2.25. The summed E-state index contributed by atoms with van der Waals surface area (Å²) in [6.45, 7) is 3.91. The van der Waals surface area contributed by atoms with Crippen molar-refractivity contribution in [2.24, 2.45) is 5.92 Å². The third-order valence-corrected chi connectivity index (χ3v) is 4.27. The minimum absolute atomic E-state index is 0.00227. The number of hydrogen-bond acceptors (Lipinski definition) is 7. The van der Waals surface area contributed by atoms with E-state index in [0.717, 1.165) is 6.42 Å². The average Bonchev–Trinajstić information content (AvgIpc) is 3.36. The first-order valence-electron chi connectivity index (χ1n) is 8.42. The van der Waals surface area contributed by atoms with Crippen LogP contribution in [0.3, 0.4) is 0 Å². The van der Waals surface area contributed by atoms with E-state index in [1.54, 1.807) is 12.1 Å². The van der Waals surface area contributed by atoms with Crippen molar-refractivity contribution in [3.63, 3.8) is 0 Å². The molecule has 0 saturated heterocycles. The Kier molecular flexibility index (Phi) is 5.30. The summed E-state index contributed by atoms with van der Waals surface area (Å²) in [5, 5.41) is 17.7. The van der Waals surface area contributed by atoms with Crippen LogP contribution in [0.2, 0.25) is 0 Å². The third kappa shape index (κ3) is 4.02. The SMILES string of the molecule is CCC(C)C(NC(=O)c1cccc([N+](=O)[O-])c1)c1nc(-c2ccco2)no1. The van der Waals surface area contributed by atoms with Gasteiger partial charge in [-0.25, -0.2) is 0 Å². The lowest BCUT2D eigenvalue weighted by Crippen LogP contribution is -2.32. The second-order valence-corrected chi connectivity index (χ2v) is 6.08. The van der Waals surface area contributed by atoms with Crippen LogP contribution in [0.5, 0.6) is 0 Å². The van der Waals surface area contributed by atoms with Gasteiger partial charge in [0.25, 0.3) is 11.6 Å². The third-order valence-electron chi connectivity index (χ3n) is 4.27. The Morgan fingerprint density at radius 1 is 1.33 bits per heavy atom. The Balaban J connectivity index is 1.84. The fraction of sp³-hybridized carbons (Fsp3) is 0.278. The molecule has 0 radical (unpaired) electrons. The summed E-state index contributed by atoms with van der Waals surface area (Å²) < 4.78 is 10.6. The van der Waals surface area contributed by atoms with Crippen molar-refractivity contribution in [2.75, 3.05) is 0 Å². The summed E-state index contributed by atoms with van der Waals surface area (Å²) >= 11 is 0. The van der Waals surface area contributed by atoms with Gasteiger partial charge in [0.1, 0.15) is 6.04 Å². The number of aromatic nitrogens is 2. The van der Waals surface area contributed by atoms with Gasteiger partial charge in [-0.1, -0.05) is 31.5 Å². The molecule has 0 saturated carbocycles. The Morgan fingerprint density at radius 3 is 2.81 bits per heavy atom. The Hall–Kier alpha value is -3.49. The summed E-state index contributed by atoms with van der Waals surface area (Å²) in [4.78, 5) is 27.3. The first-order valence-corrected chi connectivity index (χ1v) is 8.42. The molecule has 0 aliphatic carbocycles. The van der Waals surface area contributed by atoms with Crippen LogP contribution in [0.15, 0.2) is 51.6 Å². The van der Waals surface area contributed by atoms with Crippen LogP contribution < -0.4 is 5.32 Å². The zero-order valence-corrected chi connectivity index (χ0v) is 14.8. The topological polar surface area (TPSA) is 124 Å². The van der Waals surface area contributed by atoms with Crippen LogP contribution in [0.4, 0.5) is 5.69 Å². The van der Waals surface area contributed by atoms with Gasteiger partial charge in [-0.15, -0.1) is 0 Å². The number of nitro benzene ring substituents is 1. The molecule has 0 spiro atoms. The van der Waals surface area contributed by atoms with Crippen LogP contribution in [0.1, 0.15) is 42.6 Å². The van der Waals surface area contributed by atoms with Crippen LogP contribution >= 0.6 is 0 Å². The van der Waals surface area contributed by atoms with Crippen LogP contribution in [0.25, 0.3) is 11.6 Å². The smallest absolute Gasteiger partial charge is 0.270 e. The molecule has 2 unspecified atom stereocenters. The molecule has 3 rings (SSSR count). The molecule has 0 aliphatic rings. The highest BCUT2D eigenvalue weighted by Crippen LogP contribution is 2.26. The number of nitrogens with one attached hydrogen (secondary N) is 1. The van der Waals surface area contributed by atoms with Gasteiger partial charge in [-0.2, -0.15) is 4.98 Å². The van der Waals surface area contributed by atoms with Crippen molar-refractivity contribution < 1.29 is 18.7 Å². The van der Waals surface area contributed by atoms with Gasteiger partial charge in [0.15, 0.2) is 5.76 Å². The highest BCUT2D eigenvalue weighted by molar-refractivity contribution is 5.95. The van der Waals surface area contributed by atoms with Crippen LogP contribution in [-0.2, 0) is 0 Å². The summed E-state index contributed by atoms with van der Waals surface area (Å²) in [5.41, 5.74) is 0.0314. The highest BCUT2D eigenvalue weighted by Gasteiger charge is 2.27. The van der Waals surface area contributed by atoms with E-state index in [2.05, 4.69) is 15.5 Å². The van der Waals surface area contributed by atoms with E-state index in [1.807, 2.05) is 13.8 Å². The summed E-state index contributed by atoms with van der Waals surface area (Å²) in [6, 6.07) is 8.40. The molecular weight excluding hydrogens is 352 g/mol. The molecule has 140 valence electrons. The number of benzene rings is 1. The van der Waals surface area contributed by atoms with Crippen molar-refractivity contribution in [1.82, 2.24) is 15.5 Å². The number of rotatable bonds is 7. The van der Waals surface area contributed by atoms with Gasteiger partial charge in [0.2, 0.25) is 11.7 Å². The molecule has 3 aromatic rings. The predicted octanol–water partition coefficient (Wildman–Crippen LogP) is 3.76. The van der Waals surface area contributed by atoms with E-state index in [0.29, 0.717) is 5.76 Å². The van der Waals surface area contributed by atoms with Gasteiger partial charge >= 0.3 is 0 Å². The average molecular weight is 370 g/mol. The molecule has 0 fully saturated rings. The molecule has 9 nitrogen and oxygen atoms in total. The van der Waals surface area contributed by atoms with Crippen molar-refractivity contribution in [3.8, 4) is 11.6 Å². The number of nitrogens with zero attached hydrogens (tertiary/aromatic N) is 3. The molecule has 9 heteroatoms. The molecule has 1 N–H and O–H groups in total. The lowest BCUT2D eigenvalue weighted by molar-refractivity contribution is -0.384. The van der Waals surface area contributed by atoms with Crippen molar-refractivity contribution >= 4 is 11.6 Å². The quantitative estimate of drug-likeness (QED) is 0.496. The van der Waals surface area contributed by atoms with Gasteiger partial charge < -0.3 is 14.3 Å². The molecule has 1 amide bonds. The van der Waals surface area contributed by atoms with Crippen LogP contribution in [-0.4, -0.2) is 21.0 Å². The minimum Gasteiger partial charge on any atom is -0.461 e. The van der Waals surface area contributed by atoms with Gasteiger partial charge in [0.05, 0.1) is 11.2 Å². The van der Waals surface area contributed by atoms with E-state index < -0.39 is 16.9 Å². The molecule has 2 aromatic heterocycles. The maximum atomic E-state index is 12.6. The van der Waals surface area contributed by atoms with E-state index in [9.17, 15) is 14.9 Å². The summed E-state index contributed by atoms with van der Waals surface area (Å²) in [7, 11) is 0. The van der Waals surface area contributed by atoms with Crippen molar-refractivity contribution in [2.45, 2.75) is 26.3 Å². The van der Waals surface area contributed by atoms with E-state index in [1.165, 1.54) is 30.5 Å². The van der Waals surface area contributed by atoms with E-state index >= 15 is 0 Å². The van der Waals surface area contributed by atoms with Gasteiger partial charge in [0, 0.05) is 17.7 Å². The first-order chi connectivity index (χ1) is 13.0. The molecule has 0 aliphatic heterocycles. The summed E-state index contributed by atoms with van der Waals surface area (Å²) in [5.74, 6) is 0.527. The molecule has 0 bridgehead atoms. The number of amides is 1. The normalized spacial score (nSPS) is 13.1. The number of carbonyl (C=O) groups excluding carboxylic acids is 1. The van der Waals surface area contributed by atoms with Crippen molar-refractivity contribution in [1.29, 1.82) is 0 Å². The largest absolute Gasteiger partial charge is 0.461 e. The second-order valence-electron chi connectivity index (χ2n) is 6.08. The molecule has 1 aromatic carbocycles. The number of non-ortho nitro benzene ring substituents is 1. The number of hydrogen-bond donors (Lipinski definition) is 1. The van der Waals surface area contributed by atoms with Crippen LogP contribution in [0, 0.1) is 16.0 Å². The first kappa shape index (κ1) is 18.3. The minimum atomic E-state index is -0.545. The Labute approximate surface area is 154 Å². The van der Waals surface area contributed by atoms with E-state index in [4.69, 9.17) is 8.94 Å². The predicted molar refractivity (Wildman–Crippen MR) is 94.8 cm³/mol. The maximum absolute atomic E-state index is 12.6. The monoisotopic (exact) mass is 370 g/mol. The van der Waals surface area contributed by atoms with Crippen molar-refractivity contribution in [3.05, 3.63) is 64.2 Å². The standard InChI is InChI=1S/C18H18N4O5/c1-3-11(2)15(18-20-16(21-27-18)14-8-5-9-26-14)19-17(23)12-6-4-7-13(10-12)22(24)25/h4-11,15H,3H2,1-2H3,(H,19,23). The number of carbonyl (C=O) groups is 1. The van der Waals surface area contributed by atoms with Gasteiger partial charge in [-0.05, 0) is 24.1 Å². The van der Waals surface area contributed by atoms with E-state index in [-0.39, 0.29) is 28.9 Å². The Bertz CT molecular complexity index is 935. The molecular formula is C18H18N4O5. The zero-order chi connectivity index (χ0) is 19.4. The molecule has 2 heterocycles. The molecule has 2 atom stereocenters. The number of nitro groups is 1. The fourth-order valence-electron chi connectivity index (χ4n) is 2.54. The molecule has 27 heavy (non-hydrogen) atoms. The lowest BCUT2D eigenvalue weighted by atomic mass is 9.98.